The van der Waals surface area contributed by atoms with E-state index >= 15 is 0 Å². The SMILES string of the molecule is Cc1c(C)c2cc(Cl)c(OCC(=O)Nc3ccccn3)cc2oc1=O. The average molecular weight is 359 g/mol. The molecule has 1 N–H and O–H groups in total. The monoisotopic (exact) mass is 358 g/mol. The molecule has 0 unspecified atom stereocenters. The number of hydrogen-bond donors (Lipinski definition) is 1. The summed E-state index contributed by atoms with van der Waals surface area (Å²) in [6.45, 7) is 3.27. The Hall–Kier alpha value is -2.86. The highest BCUT2D eigenvalue weighted by Crippen LogP contribution is 2.31. The Morgan fingerprint density at radius 1 is 1.28 bits per heavy atom. The number of aromatic nitrogens is 1. The molecule has 0 bridgehead atoms. The van der Waals surface area contributed by atoms with E-state index in [4.69, 9.17) is 20.8 Å². The summed E-state index contributed by atoms with van der Waals surface area (Å²) in [7, 11) is 0. The number of rotatable bonds is 4. The van der Waals surface area contributed by atoms with Crippen LogP contribution in [0.3, 0.4) is 0 Å². The number of carbonyl (C=O) groups excluding carboxylic acids is 1. The molecule has 0 saturated carbocycles. The number of nitrogens with one attached hydrogen (secondary N) is 1. The average Bonchev–Trinajstić information content (AvgIpc) is 2.60. The van der Waals surface area contributed by atoms with E-state index in [1.807, 2.05) is 6.92 Å². The van der Waals surface area contributed by atoms with Gasteiger partial charge in [-0.25, -0.2) is 9.78 Å². The maximum Gasteiger partial charge on any atom is 0.339 e. The van der Waals surface area contributed by atoms with Crippen LogP contribution in [0.15, 0.2) is 45.7 Å². The largest absolute Gasteiger partial charge is 0.482 e. The minimum Gasteiger partial charge on any atom is -0.482 e. The molecule has 3 aromatic rings. The quantitative estimate of drug-likeness (QED) is 0.722. The Morgan fingerprint density at radius 2 is 2.08 bits per heavy atom. The van der Waals surface area contributed by atoms with Gasteiger partial charge in [0.15, 0.2) is 6.61 Å². The minimum absolute atomic E-state index is 0.253. The minimum atomic E-state index is -0.411. The van der Waals surface area contributed by atoms with Gasteiger partial charge in [-0.1, -0.05) is 17.7 Å². The summed E-state index contributed by atoms with van der Waals surface area (Å²) in [4.78, 5) is 27.7. The van der Waals surface area contributed by atoms with Crippen LogP contribution in [0.5, 0.6) is 5.75 Å². The second-order valence-electron chi connectivity index (χ2n) is 5.47. The van der Waals surface area contributed by atoms with E-state index in [0.29, 0.717) is 22.0 Å². The van der Waals surface area contributed by atoms with E-state index in [1.54, 1.807) is 37.4 Å². The predicted molar refractivity (Wildman–Crippen MR) is 95.3 cm³/mol. The lowest BCUT2D eigenvalue weighted by molar-refractivity contribution is -0.118. The molecule has 0 radical (unpaired) electrons. The van der Waals surface area contributed by atoms with Crippen molar-refractivity contribution in [1.29, 1.82) is 0 Å². The molecule has 1 aromatic carbocycles. The highest BCUT2D eigenvalue weighted by Gasteiger charge is 2.13. The summed E-state index contributed by atoms with van der Waals surface area (Å²) in [5.41, 5.74) is 1.28. The van der Waals surface area contributed by atoms with Crippen LogP contribution >= 0.6 is 11.6 Å². The summed E-state index contributed by atoms with van der Waals surface area (Å²) in [6, 6.07) is 8.35. The van der Waals surface area contributed by atoms with Crippen molar-refractivity contribution >= 4 is 34.3 Å². The predicted octanol–water partition coefficient (Wildman–Crippen LogP) is 3.48. The van der Waals surface area contributed by atoms with Crippen LogP contribution in [0.25, 0.3) is 11.0 Å². The van der Waals surface area contributed by atoms with Gasteiger partial charge in [0.05, 0.1) is 5.02 Å². The van der Waals surface area contributed by atoms with Crippen molar-refractivity contribution in [2.75, 3.05) is 11.9 Å². The topological polar surface area (TPSA) is 81.4 Å². The first-order valence-electron chi connectivity index (χ1n) is 7.53. The van der Waals surface area contributed by atoms with E-state index in [9.17, 15) is 9.59 Å². The number of benzene rings is 1. The van der Waals surface area contributed by atoms with Crippen LogP contribution < -0.4 is 15.7 Å². The van der Waals surface area contributed by atoms with Gasteiger partial charge in [0.2, 0.25) is 0 Å². The van der Waals surface area contributed by atoms with Gasteiger partial charge in [0.1, 0.15) is 17.2 Å². The van der Waals surface area contributed by atoms with Crippen molar-refractivity contribution in [3.8, 4) is 5.75 Å². The van der Waals surface area contributed by atoms with Crippen LogP contribution in [0, 0.1) is 13.8 Å². The van der Waals surface area contributed by atoms with Gasteiger partial charge in [0.25, 0.3) is 5.91 Å². The van der Waals surface area contributed by atoms with E-state index in [0.717, 1.165) is 10.9 Å². The summed E-state index contributed by atoms with van der Waals surface area (Å²) >= 11 is 6.22. The molecule has 1 amide bonds. The highest BCUT2D eigenvalue weighted by atomic mass is 35.5. The molecule has 0 fully saturated rings. The summed E-state index contributed by atoms with van der Waals surface area (Å²) in [5, 5.41) is 3.66. The Balaban J connectivity index is 1.80. The lowest BCUT2D eigenvalue weighted by atomic mass is 10.1. The molecule has 0 aliphatic carbocycles. The van der Waals surface area contributed by atoms with E-state index < -0.39 is 5.63 Å². The standard InChI is InChI=1S/C18H15ClN2O4/c1-10-11(2)18(23)25-14-8-15(13(19)7-12(10)14)24-9-17(22)21-16-5-3-4-6-20-16/h3-8H,9H2,1-2H3,(H,20,21,22). The molecule has 2 aromatic heterocycles. The fourth-order valence-electron chi connectivity index (χ4n) is 2.31. The van der Waals surface area contributed by atoms with Gasteiger partial charge in [-0.05, 0) is 37.6 Å². The fourth-order valence-corrected chi connectivity index (χ4v) is 2.53. The smallest absolute Gasteiger partial charge is 0.339 e. The van der Waals surface area contributed by atoms with Gasteiger partial charge in [0, 0.05) is 23.2 Å². The van der Waals surface area contributed by atoms with E-state index in [1.165, 1.54) is 6.07 Å². The fraction of sp³-hybridized carbons (Fsp3) is 0.167. The van der Waals surface area contributed by atoms with Gasteiger partial charge in [-0.15, -0.1) is 0 Å². The third-order valence-electron chi connectivity index (χ3n) is 3.80. The number of carbonyl (C=O) groups is 1. The molecule has 0 spiro atoms. The van der Waals surface area contributed by atoms with E-state index in [2.05, 4.69) is 10.3 Å². The number of aryl methyl sites for hydroxylation is 1. The molecule has 3 rings (SSSR count). The van der Waals surface area contributed by atoms with Crippen LogP contribution in [-0.2, 0) is 4.79 Å². The van der Waals surface area contributed by atoms with Gasteiger partial charge < -0.3 is 14.5 Å². The number of fused-ring (bicyclic) bond motifs is 1. The summed E-state index contributed by atoms with van der Waals surface area (Å²) < 4.78 is 10.7. The van der Waals surface area contributed by atoms with Crippen molar-refractivity contribution in [3.05, 3.63) is 63.1 Å². The Kier molecular flexibility index (Phi) is 4.72. The maximum atomic E-state index is 11.9. The number of nitrogens with zero attached hydrogens (tertiary/aromatic N) is 1. The van der Waals surface area contributed by atoms with Gasteiger partial charge in [-0.2, -0.15) is 0 Å². The first kappa shape index (κ1) is 17.0. The second kappa shape index (κ2) is 6.94. The molecule has 6 nitrogen and oxygen atoms in total. The van der Waals surface area contributed by atoms with Gasteiger partial charge >= 0.3 is 5.63 Å². The first-order valence-corrected chi connectivity index (χ1v) is 7.90. The Bertz CT molecular complexity index is 999. The lowest BCUT2D eigenvalue weighted by Gasteiger charge is -2.10. The molecular weight excluding hydrogens is 344 g/mol. The highest BCUT2D eigenvalue weighted by molar-refractivity contribution is 6.32. The van der Waals surface area contributed by atoms with Crippen LogP contribution in [0.4, 0.5) is 5.82 Å². The van der Waals surface area contributed by atoms with Crippen molar-refractivity contribution < 1.29 is 13.9 Å². The van der Waals surface area contributed by atoms with Crippen molar-refractivity contribution in [2.45, 2.75) is 13.8 Å². The molecule has 128 valence electrons. The molecule has 0 saturated heterocycles. The Labute approximate surface area is 148 Å². The molecule has 0 aliphatic heterocycles. The molecule has 25 heavy (non-hydrogen) atoms. The zero-order chi connectivity index (χ0) is 18.0. The third-order valence-corrected chi connectivity index (χ3v) is 4.10. The summed E-state index contributed by atoms with van der Waals surface area (Å²) in [5.74, 6) is 0.311. The maximum absolute atomic E-state index is 11.9. The van der Waals surface area contributed by atoms with E-state index in [-0.39, 0.29) is 18.3 Å². The Morgan fingerprint density at radius 3 is 2.80 bits per heavy atom. The number of amides is 1. The molecule has 7 heteroatoms. The molecular formula is C18H15ClN2O4. The third kappa shape index (κ3) is 3.64. The summed E-state index contributed by atoms with van der Waals surface area (Å²) in [6.07, 6.45) is 1.57. The first-order chi connectivity index (χ1) is 12.0. The lowest BCUT2D eigenvalue weighted by Crippen LogP contribution is -2.20. The van der Waals surface area contributed by atoms with Crippen LogP contribution in [0.1, 0.15) is 11.1 Å². The number of pyridine rings is 1. The number of hydrogen-bond acceptors (Lipinski definition) is 5. The van der Waals surface area contributed by atoms with Crippen LogP contribution in [-0.4, -0.2) is 17.5 Å². The van der Waals surface area contributed by atoms with Gasteiger partial charge in [-0.3, -0.25) is 4.79 Å². The molecule has 0 atom stereocenters. The molecule has 0 aliphatic rings. The number of anilines is 1. The zero-order valence-electron chi connectivity index (χ0n) is 13.6. The zero-order valence-corrected chi connectivity index (χ0v) is 14.4. The number of ether oxygens (including phenoxy) is 1. The normalized spacial score (nSPS) is 10.7. The van der Waals surface area contributed by atoms with Crippen LogP contribution in [0.2, 0.25) is 5.02 Å². The number of halogens is 1. The van der Waals surface area contributed by atoms with Crippen molar-refractivity contribution in [1.82, 2.24) is 4.98 Å². The molecule has 2 heterocycles. The van der Waals surface area contributed by atoms with Crippen molar-refractivity contribution in [2.24, 2.45) is 0 Å². The van der Waals surface area contributed by atoms with Crippen molar-refractivity contribution in [3.63, 3.8) is 0 Å². The second-order valence-corrected chi connectivity index (χ2v) is 5.88.